The van der Waals surface area contributed by atoms with E-state index in [4.69, 9.17) is 14.2 Å². The number of hydrogen-bond acceptors (Lipinski definition) is 8. The molecule has 0 bridgehead atoms. The molecule has 0 amide bonds. The van der Waals surface area contributed by atoms with E-state index >= 15 is 0 Å². The fourth-order valence-electron chi connectivity index (χ4n) is 5.84. The van der Waals surface area contributed by atoms with E-state index in [-0.39, 0.29) is 13.2 Å². The second-order valence-corrected chi connectivity index (χ2v) is 12.3. The zero-order valence-corrected chi connectivity index (χ0v) is 26.2. The highest BCUT2D eigenvalue weighted by Crippen LogP contribution is 2.43. The number of thioether (sulfide) groups is 1. The Morgan fingerprint density at radius 3 is 1.87 bits per heavy atom. The number of aliphatic hydroxyl groups excluding tert-OH is 1. The number of aliphatic hydroxyl groups is 1. The van der Waals surface area contributed by atoms with Gasteiger partial charge < -0.3 is 19.3 Å². The molecular weight excluding hydrogens is 616 g/mol. The molecule has 0 radical (unpaired) electrons. The maximum atomic E-state index is 12.9. The summed E-state index contributed by atoms with van der Waals surface area (Å²) < 4.78 is 20.0. The average Bonchev–Trinajstić information content (AvgIpc) is 3.42. The second kappa shape index (κ2) is 14.8. The topological polar surface area (TPSA) is 120 Å². The molecule has 10 heteroatoms. The lowest BCUT2D eigenvalue weighted by molar-refractivity contribution is -0.0943. The van der Waals surface area contributed by atoms with Gasteiger partial charge in [-0.1, -0.05) is 109 Å². The third-order valence-corrected chi connectivity index (χ3v) is 9.38. The first-order valence-electron chi connectivity index (χ1n) is 15.3. The Labute approximate surface area is 275 Å². The number of hydrogen-bond donors (Lipinski definition) is 2. The lowest BCUT2D eigenvalue weighted by Gasteiger charge is -2.37. The summed E-state index contributed by atoms with van der Waals surface area (Å²) in [4.78, 5) is 39.4. The van der Waals surface area contributed by atoms with Crippen molar-refractivity contribution in [3.8, 4) is 0 Å². The largest absolute Gasteiger partial charge is 0.461 e. The zero-order valence-electron chi connectivity index (χ0n) is 25.4. The quantitative estimate of drug-likeness (QED) is 0.113. The predicted molar refractivity (Wildman–Crippen MR) is 179 cm³/mol. The van der Waals surface area contributed by atoms with Crippen molar-refractivity contribution in [3.05, 3.63) is 177 Å². The minimum atomic E-state index is -1.08. The summed E-state index contributed by atoms with van der Waals surface area (Å²) in [5, 5.41) is 11.0. The minimum absolute atomic E-state index is 0.0332. The van der Waals surface area contributed by atoms with Crippen LogP contribution in [0.4, 0.5) is 0 Å². The van der Waals surface area contributed by atoms with Gasteiger partial charge in [0.15, 0.2) is 6.23 Å². The molecule has 0 saturated carbocycles. The molecule has 2 heterocycles. The van der Waals surface area contributed by atoms with Gasteiger partial charge in [-0.2, -0.15) is 0 Å². The average molecular weight is 651 g/mol. The molecule has 4 atom stereocenters. The normalized spacial score (nSPS) is 19.3. The van der Waals surface area contributed by atoms with Crippen molar-refractivity contribution in [2.75, 3.05) is 19.0 Å². The number of aromatic amines is 1. The van der Waals surface area contributed by atoms with Crippen molar-refractivity contribution in [1.29, 1.82) is 0 Å². The predicted octanol–water partition coefficient (Wildman–Crippen LogP) is 4.76. The van der Waals surface area contributed by atoms with E-state index in [9.17, 15) is 19.5 Å². The molecule has 4 aromatic carbocycles. The lowest BCUT2D eigenvalue weighted by atomic mass is 9.80. The van der Waals surface area contributed by atoms with Crippen LogP contribution < -0.4 is 11.2 Å². The van der Waals surface area contributed by atoms with Crippen LogP contribution in [0, 0.1) is 0 Å². The van der Waals surface area contributed by atoms with Crippen LogP contribution in [0.3, 0.4) is 0 Å². The van der Waals surface area contributed by atoms with Crippen LogP contribution in [0.1, 0.15) is 33.3 Å². The zero-order chi connectivity index (χ0) is 32.6. The molecule has 1 aliphatic heterocycles. The number of nitrogens with one attached hydrogen (secondary N) is 1. The summed E-state index contributed by atoms with van der Waals surface area (Å²) in [6.45, 7) is 0.0453. The Morgan fingerprint density at radius 1 is 0.809 bits per heavy atom. The van der Waals surface area contributed by atoms with Gasteiger partial charge in [0.2, 0.25) is 0 Å². The Hall–Kier alpha value is -4.74. The molecule has 5 aromatic rings. The van der Waals surface area contributed by atoms with Crippen molar-refractivity contribution < 1.29 is 24.1 Å². The Kier molecular flexibility index (Phi) is 10.1. The standard InChI is InChI=1S/C37H34N2O7S/c40-31-21-22-39(36(43)38-31)34-33(47-24-23-44-35(42)26-13-5-1-6-14-26)32(41)30(46-34)25-45-37(27-15-7-2-8-16-27,28-17-9-3-10-18-28)29-19-11-4-12-20-29/h1-22,30,32-34,41H,23-25H2,(H,38,40,43)/t30-,32+,33-,34-/m1/s1. The minimum Gasteiger partial charge on any atom is -0.461 e. The number of H-pyrrole nitrogens is 1. The van der Waals surface area contributed by atoms with E-state index in [1.807, 2.05) is 97.1 Å². The number of carbonyl (C=O) groups excluding carboxylic acids is 1. The number of ether oxygens (including phenoxy) is 3. The number of rotatable bonds is 12. The summed E-state index contributed by atoms with van der Waals surface area (Å²) in [7, 11) is 0. The molecule has 47 heavy (non-hydrogen) atoms. The summed E-state index contributed by atoms with van der Waals surface area (Å²) in [5.74, 6) is -0.124. The summed E-state index contributed by atoms with van der Waals surface area (Å²) in [6, 6.07) is 39.5. The van der Waals surface area contributed by atoms with Gasteiger partial charge >= 0.3 is 11.7 Å². The van der Waals surface area contributed by atoms with Crippen molar-refractivity contribution >= 4 is 17.7 Å². The SMILES string of the molecule is O=C(OCCS[C@@H]1[C@@H](O)[C@@H](COC(c2ccccc2)(c2ccccc2)c2ccccc2)O[C@H]1n1ccc(=O)[nH]c1=O)c1ccccc1. The van der Waals surface area contributed by atoms with Crippen LogP contribution >= 0.6 is 11.8 Å². The van der Waals surface area contributed by atoms with Crippen LogP contribution in [0.25, 0.3) is 0 Å². The van der Waals surface area contributed by atoms with Crippen LogP contribution in [0.15, 0.2) is 143 Å². The van der Waals surface area contributed by atoms with E-state index in [1.54, 1.807) is 24.3 Å². The fraction of sp³-hybridized carbons (Fsp3) is 0.216. The van der Waals surface area contributed by atoms with Gasteiger partial charge in [0.25, 0.3) is 5.56 Å². The van der Waals surface area contributed by atoms with Crippen molar-refractivity contribution in [2.45, 2.75) is 29.3 Å². The van der Waals surface area contributed by atoms with E-state index in [2.05, 4.69) is 4.98 Å². The molecule has 1 aromatic heterocycles. The van der Waals surface area contributed by atoms with Gasteiger partial charge in [-0.25, -0.2) is 9.59 Å². The van der Waals surface area contributed by atoms with E-state index in [1.165, 1.54) is 28.6 Å². The van der Waals surface area contributed by atoms with Gasteiger partial charge in [-0.15, -0.1) is 11.8 Å². The van der Waals surface area contributed by atoms with Crippen LogP contribution in [0.5, 0.6) is 0 Å². The third kappa shape index (κ3) is 7.01. The summed E-state index contributed by atoms with van der Waals surface area (Å²) in [6.07, 6.45) is -1.50. The molecular formula is C37H34N2O7S. The molecule has 0 spiro atoms. The molecule has 6 rings (SSSR count). The molecule has 1 fully saturated rings. The molecule has 9 nitrogen and oxygen atoms in total. The maximum Gasteiger partial charge on any atom is 0.338 e. The van der Waals surface area contributed by atoms with Crippen molar-refractivity contribution in [3.63, 3.8) is 0 Å². The van der Waals surface area contributed by atoms with E-state index in [0.29, 0.717) is 11.3 Å². The van der Waals surface area contributed by atoms with Gasteiger partial charge in [-0.05, 0) is 28.8 Å². The molecule has 240 valence electrons. The number of nitrogens with zero attached hydrogens (tertiary/aromatic N) is 1. The van der Waals surface area contributed by atoms with Crippen molar-refractivity contribution in [2.24, 2.45) is 0 Å². The van der Waals surface area contributed by atoms with Crippen LogP contribution in [0.2, 0.25) is 0 Å². The monoisotopic (exact) mass is 650 g/mol. The number of aromatic nitrogens is 2. The third-order valence-electron chi connectivity index (χ3n) is 8.08. The van der Waals surface area contributed by atoms with Gasteiger partial charge in [0, 0.05) is 18.0 Å². The molecule has 0 unspecified atom stereocenters. The van der Waals surface area contributed by atoms with Crippen LogP contribution in [-0.2, 0) is 19.8 Å². The van der Waals surface area contributed by atoms with Crippen molar-refractivity contribution in [1.82, 2.24) is 9.55 Å². The molecule has 1 saturated heterocycles. The Morgan fingerprint density at radius 2 is 1.34 bits per heavy atom. The summed E-state index contributed by atoms with van der Waals surface area (Å²) >= 11 is 1.31. The molecule has 0 aliphatic carbocycles. The molecule has 1 aliphatic rings. The highest BCUT2D eigenvalue weighted by molar-refractivity contribution is 8.00. The first-order chi connectivity index (χ1) is 23.0. The highest BCUT2D eigenvalue weighted by Gasteiger charge is 2.47. The first-order valence-corrected chi connectivity index (χ1v) is 16.3. The smallest absolute Gasteiger partial charge is 0.338 e. The maximum absolute atomic E-state index is 12.9. The molecule has 2 N–H and O–H groups in total. The first kappa shape index (κ1) is 32.2. The van der Waals surface area contributed by atoms with Gasteiger partial charge in [-0.3, -0.25) is 14.3 Å². The fourth-order valence-corrected chi connectivity index (χ4v) is 7.02. The Bertz CT molecular complexity index is 1770. The highest BCUT2D eigenvalue weighted by atomic mass is 32.2. The summed E-state index contributed by atoms with van der Waals surface area (Å²) in [5.41, 5.74) is 0.868. The Balaban J connectivity index is 1.27. The van der Waals surface area contributed by atoms with E-state index < -0.39 is 46.5 Å². The van der Waals surface area contributed by atoms with Gasteiger partial charge in [0.05, 0.1) is 23.5 Å². The van der Waals surface area contributed by atoms with E-state index in [0.717, 1.165) is 16.7 Å². The van der Waals surface area contributed by atoms with Crippen LogP contribution in [-0.4, -0.2) is 57.1 Å². The second-order valence-electron chi connectivity index (χ2n) is 11.0. The number of esters is 1. The lowest BCUT2D eigenvalue weighted by Crippen LogP contribution is -2.39. The van der Waals surface area contributed by atoms with Gasteiger partial charge in [0.1, 0.15) is 18.3 Å². The number of carbonyl (C=O) groups is 1. The number of benzene rings is 4.